The number of hydrogen-bond acceptors (Lipinski definition) is 7. The van der Waals surface area contributed by atoms with E-state index >= 15 is 0 Å². The third-order valence-corrected chi connectivity index (χ3v) is 11.3. The van der Waals surface area contributed by atoms with Gasteiger partial charge in [0.25, 0.3) is 0 Å². The monoisotopic (exact) mass is 778 g/mol. The van der Waals surface area contributed by atoms with Crippen LogP contribution in [0, 0.1) is 0 Å². The first-order valence-electron chi connectivity index (χ1n) is 18.9. The van der Waals surface area contributed by atoms with Crippen LogP contribution < -0.4 is 9.80 Å². The molecule has 4 heterocycles. The molecule has 0 radical (unpaired) electrons. The summed E-state index contributed by atoms with van der Waals surface area (Å²) in [6.07, 6.45) is 0.577. The fraction of sp³-hybridized carbons (Fsp3) is 0.295. The zero-order valence-corrected chi connectivity index (χ0v) is 31.9. The van der Waals surface area contributed by atoms with Gasteiger partial charge in [0.05, 0.1) is 5.56 Å². The molecule has 290 valence electrons. The maximum atomic E-state index is 14.6. The van der Waals surface area contributed by atoms with Crippen molar-refractivity contribution in [1.29, 1.82) is 0 Å². The van der Waals surface area contributed by atoms with Gasteiger partial charge in [0.1, 0.15) is 11.9 Å². The average Bonchev–Trinajstić information content (AvgIpc) is 3.76. The van der Waals surface area contributed by atoms with Crippen LogP contribution in [0.4, 0.5) is 24.7 Å². The summed E-state index contributed by atoms with van der Waals surface area (Å²) in [6, 6.07) is 32.2. The minimum absolute atomic E-state index is 0.114. The zero-order chi connectivity index (χ0) is 38.9. The Balaban J connectivity index is 1.10. The first-order chi connectivity index (χ1) is 27.2. The van der Waals surface area contributed by atoms with Gasteiger partial charge >= 0.3 is 6.18 Å². The molecule has 2 aliphatic rings. The molecule has 56 heavy (non-hydrogen) atoms. The van der Waals surface area contributed by atoms with Crippen LogP contribution in [0.2, 0.25) is 0 Å². The first kappa shape index (κ1) is 38.8. The molecule has 12 heteroatoms. The second-order valence-electron chi connectivity index (χ2n) is 14.1. The third kappa shape index (κ3) is 10.0. The van der Waals surface area contributed by atoms with E-state index < -0.39 is 23.7 Å². The van der Waals surface area contributed by atoms with Crippen molar-refractivity contribution >= 4 is 40.7 Å². The first-order valence-corrected chi connectivity index (χ1v) is 19.8. The third-order valence-electron chi connectivity index (χ3n) is 10.4. The van der Waals surface area contributed by atoms with Crippen LogP contribution in [-0.4, -0.2) is 89.9 Å². The van der Waals surface area contributed by atoms with Crippen LogP contribution in [0.1, 0.15) is 27.1 Å². The lowest BCUT2D eigenvalue weighted by molar-refractivity contribution is -0.145. The fourth-order valence-electron chi connectivity index (χ4n) is 7.26. The Morgan fingerprint density at radius 1 is 0.750 bits per heavy atom. The molecule has 5 aromatic rings. The van der Waals surface area contributed by atoms with Gasteiger partial charge in [0.15, 0.2) is 0 Å². The fourth-order valence-corrected chi connectivity index (χ4v) is 8.00. The molecule has 0 saturated carbocycles. The van der Waals surface area contributed by atoms with Gasteiger partial charge in [-0.05, 0) is 70.6 Å². The van der Waals surface area contributed by atoms with Gasteiger partial charge in [-0.3, -0.25) is 14.5 Å². The lowest BCUT2D eigenvalue weighted by atomic mass is 10.1. The van der Waals surface area contributed by atoms with Crippen molar-refractivity contribution in [3.63, 3.8) is 0 Å². The van der Waals surface area contributed by atoms with Gasteiger partial charge in [-0.1, -0.05) is 66.7 Å². The minimum atomic E-state index is -4.46. The summed E-state index contributed by atoms with van der Waals surface area (Å²) >= 11 is 1.54. The maximum Gasteiger partial charge on any atom is 0.416 e. The Hall–Kier alpha value is -5.46. The number of aromatic nitrogens is 1. The Labute approximate surface area is 330 Å². The molecule has 0 N–H and O–H groups in total. The van der Waals surface area contributed by atoms with E-state index in [1.165, 1.54) is 29.8 Å². The summed E-state index contributed by atoms with van der Waals surface area (Å²) < 4.78 is 39.7. The van der Waals surface area contributed by atoms with Gasteiger partial charge in [0.2, 0.25) is 11.8 Å². The van der Waals surface area contributed by atoms with E-state index in [2.05, 4.69) is 43.9 Å². The maximum absolute atomic E-state index is 14.6. The number of carbonyl (C=O) groups is 2. The molecular weight excluding hydrogens is 734 g/mol. The highest BCUT2D eigenvalue weighted by molar-refractivity contribution is 7.09. The lowest BCUT2D eigenvalue weighted by Gasteiger charge is -2.39. The SMILES string of the molecule is O=C([C@H](Cc1cccs1)N(Cc1ccc(N2CCN(c3ccccn3)CC2)cc1)C(=O)/C=C/c1ccc(C(F)(F)F)cc1)N1CCN(Cc2ccccc2)CC1. The molecule has 0 spiro atoms. The van der Waals surface area contributed by atoms with Crippen LogP contribution in [0.15, 0.2) is 127 Å². The number of piperazine rings is 2. The minimum Gasteiger partial charge on any atom is -0.368 e. The molecule has 2 fully saturated rings. The zero-order valence-electron chi connectivity index (χ0n) is 31.1. The molecule has 1 atom stereocenters. The van der Waals surface area contributed by atoms with E-state index in [-0.39, 0.29) is 12.5 Å². The van der Waals surface area contributed by atoms with Crippen LogP contribution in [0.5, 0.6) is 0 Å². The van der Waals surface area contributed by atoms with Crippen molar-refractivity contribution in [3.05, 3.63) is 154 Å². The van der Waals surface area contributed by atoms with Gasteiger partial charge in [0, 0.05) is 94.7 Å². The van der Waals surface area contributed by atoms with Crippen molar-refractivity contribution in [3.8, 4) is 0 Å². The number of thiophene rings is 1. The Kier molecular flexibility index (Phi) is 12.5. The van der Waals surface area contributed by atoms with Crippen molar-refractivity contribution in [1.82, 2.24) is 19.7 Å². The van der Waals surface area contributed by atoms with Gasteiger partial charge in [-0.2, -0.15) is 13.2 Å². The normalized spacial score (nSPS) is 15.9. The molecule has 0 bridgehead atoms. The number of amides is 2. The molecule has 2 amide bonds. The summed E-state index contributed by atoms with van der Waals surface area (Å²) in [5.74, 6) is 0.467. The molecule has 3 aromatic carbocycles. The summed E-state index contributed by atoms with van der Waals surface area (Å²) in [6.45, 7) is 6.86. The van der Waals surface area contributed by atoms with Gasteiger partial charge in [-0.25, -0.2) is 4.98 Å². The number of alkyl halides is 3. The van der Waals surface area contributed by atoms with Crippen LogP contribution in [-0.2, 0) is 35.3 Å². The smallest absolute Gasteiger partial charge is 0.368 e. The predicted molar refractivity (Wildman–Crippen MR) is 216 cm³/mol. The average molecular weight is 779 g/mol. The van der Waals surface area contributed by atoms with E-state index in [0.717, 1.165) is 66.8 Å². The van der Waals surface area contributed by atoms with E-state index in [1.807, 2.05) is 77.1 Å². The molecule has 8 nitrogen and oxygen atoms in total. The summed E-state index contributed by atoms with van der Waals surface area (Å²) in [7, 11) is 0. The highest BCUT2D eigenvalue weighted by Crippen LogP contribution is 2.29. The Morgan fingerprint density at radius 2 is 1.45 bits per heavy atom. The number of carbonyl (C=O) groups excluding carboxylic acids is 2. The second-order valence-corrected chi connectivity index (χ2v) is 15.2. The highest BCUT2D eigenvalue weighted by Gasteiger charge is 2.35. The number of rotatable bonds is 12. The number of halogens is 3. The topological polar surface area (TPSA) is 63.2 Å². The Bertz CT molecular complexity index is 2030. The Morgan fingerprint density at radius 3 is 2.09 bits per heavy atom. The quantitative estimate of drug-likeness (QED) is 0.123. The van der Waals surface area contributed by atoms with E-state index in [0.29, 0.717) is 38.2 Å². The number of hydrogen-bond donors (Lipinski definition) is 0. The van der Waals surface area contributed by atoms with E-state index in [9.17, 15) is 22.8 Å². The summed E-state index contributed by atoms with van der Waals surface area (Å²) in [4.78, 5) is 44.8. The van der Waals surface area contributed by atoms with Crippen molar-refractivity contribution in [2.24, 2.45) is 0 Å². The van der Waals surface area contributed by atoms with E-state index in [1.54, 1.807) is 16.2 Å². The number of benzene rings is 3. The molecule has 2 saturated heterocycles. The lowest BCUT2D eigenvalue weighted by Crippen LogP contribution is -2.56. The summed E-state index contributed by atoms with van der Waals surface area (Å²) in [5.41, 5.74) is 2.86. The molecular formula is C44H45F3N6O2S. The number of anilines is 2. The number of pyridine rings is 1. The number of nitrogens with zero attached hydrogens (tertiary/aromatic N) is 6. The predicted octanol–water partition coefficient (Wildman–Crippen LogP) is 7.49. The largest absolute Gasteiger partial charge is 0.416 e. The van der Waals surface area contributed by atoms with Crippen LogP contribution in [0.3, 0.4) is 0 Å². The van der Waals surface area contributed by atoms with Crippen LogP contribution >= 0.6 is 11.3 Å². The van der Waals surface area contributed by atoms with E-state index in [4.69, 9.17) is 0 Å². The second kappa shape index (κ2) is 18.0. The van der Waals surface area contributed by atoms with Gasteiger partial charge < -0.3 is 19.6 Å². The molecule has 2 aliphatic heterocycles. The van der Waals surface area contributed by atoms with Crippen molar-refractivity contribution < 1.29 is 22.8 Å². The van der Waals surface area contributed by atoms with Gasteiger partial charge in [-0.15, -0.1) is 11.3 Å². The molecule has 2 aromatic heterocycles. The highest BCUT2D eigenvalue weighted by atomic mass is 32.1. The van der Waals surface area contributed by atoms with Crippen LogP contribution in [0.25, 0.3) is 6.08 Å². The summed E-state index contributed by atoms with van der Waals surface area (Å²) in [5, 5.41) is 1.96. The molecule has 0 unspecified atom stereocenters. The molecule has 0 aliphatic carbocycles. The standard InChI is InChI=1S/C44H45F3N6O2S/c45-44(46,47)37-16-11-34(12-17-37)15-20-42(54)53(33-36-13-18-38(19-14-36)50-26-28-51(29-27-50)41-10-4-5-21-48-41)40(31-39-9-6-30-56-39)43(55)52-24-22-49(23-25-52)32-35-7-2-1-3-8-35/h1-21,30,40H,22-29,31-33H2/b20-15+/t40-/m0/s1. The van der Waals surface area contributed by atoms with Crippen molar-refractivity contribution in [2.45, 2.75) is 31.7 Å². The molecule has 7 rings (SSSR count). The van der Waals surface area contributed by atoms with Crippen molar-refractivity contribution in [2.75, 3.05) is 62.2 Å².